The first kappa shape index (κ1) is 11.8. The maximum Gasteiger partial charge on any atom is 0.438 e. The van der Waals surface area contributed by atoms with E-state index in [4.69, 9.17) is 0 Å². The summed E-state index contributed by atoms with van der Waals surface area (Å²) >= 11 is 0. The number of ether oxygens (including phenoxy) is 2. The maximum atomic E-state index is 11.3. The smallest absolute Gasteiger partial charge is 0.438 e. The lowest BCUT2D eigenvalue weighted by Crippen LogP contribution is -2.22. The Morgan fingerprint density at radius 2 is 2.25 bits per heavy atom. The Morgan fingerprint density at radius 1 is 1.50 bits per heavy atom. The highest BCUT2D eigenvalue weighted by Gasteiger charge is 2.22. The molecule has 0 aromatic carbocycles. The second-order valence-electron chi connectivity index (χ2n) is 2.50. The Hall–Kier alpha value is -2.25. The fraction of sp³-hybridized carbons (Fsp3) is 0.375. The van der Waals surface area contributed by atoms with E-state index in [9.17, 15) is 9.59 Å². The van der Waals surface area contributed by atoms with Crippen molar-refractivity contribution in [3.63, 3.8) is 0 Å². The van der Waals surface area contributed by atoms with Crippen LogP contribution in [0.2, 0.25) is 0 Å². The lowest BCUT2D eigenvalue weighted by molar-refractivity contribution is 0.0502. The van der Waals surface area contributed by atoms with E-state index in [1.54, 1.807) is 6.92 Å². The molecule has 8 nitrogen and oxygen atoms in total. The summed E-state index contributed by atoms with van der Waals surface area (Å²) < 4.78 is 9.94. The number of carbonyl (C=O) groups excluding carboxylic acids is 2. The number of hydrogen-bond acceptors (Lipinski definition) is 7. The van der Waals surface area contributed by atoms with E-state index in [0.717, 1.165) is 0 Å². The third kappa shape index (κ3) is 2.62. The number of rotatable bonds is 4. The molecule has 0 aliphatic carbocycles. The largest absolute Gasteiger partial charge is 0.460 e. The lowest BCUT2D eigenvalue weighted by Gasteiger charge is -2.02. The predicted molar refractivity (Wildman–Crippen MR) is 50.7 cm³/mol. The Bertz CT molecular complexity index is 400. The van der Waals surface area contributed by atoms with Crippen LogP contribution in [0, 0.1) is 0 Å². The summed E-state index contributed by atoms with van der Waals surface area (Å²) in [4.78, 5) is 22.6. The quantitative estimate of drug-likeness (QED) is 0.405. The molecule has 0 N–H and O–H groups in total. The van der Waals surface area contributed by atoms with Crippen molar-refractivity contribution in [3.05, 3.63) is 18.5 Å². The van der Waals surface area contributed by atoms with Crippen molar-refractivity contribution in [2.75, 3.05) is 13.2 Å². The number of hydrogen-bond donors (Lipinski definition) is 0. The first-order valence-electron chi connectivity index (χ1n) is 4.44. The Morgan fingerprint density at radius 3 is 2.88 bits per heavy atom. The summed E-state index contributed by atoms with van der Waals surface area (Å²) in [7, 11) is 0. The number of esters is 1. The minimum Gasteiger partial charge on any atom is -0.460 e. The fourth-order valence-electron chi connectivity index (χ4n) is 0.824. The van der Waals surface area contributed by atoms with Crippen molar-refractivity contribution >= 4 is 12.1 Å². The highest BCUT2D eigenvalue weighted by Crippen LogP contribution is 1.97. The molecule has 1 heterocycles. The molecule has 8 heteroatoms. The topological polar surface area (TPSA) is 96.2 Å². The van der Waals surface area contributed by atoms with E-state index in [-0.39, 0.29) is 19.0 Å². The molecule has 0 saturated heterocycles. The molecule has 0 atom stereocenters. The average molecular weight is 226 g/mol. The standard InChI is InChI=1S/C8H10N4O4/c1-3-5-16-8(14)12-6(9-10-11-12)7(13)15-4-2/h3H,1,4-5H2,2H3. The molecule has 0 saturated carbocycles. The normalized spacial score (nSPS) is 9.56. The van der Waals surface area contributed by atoms with Crippen molar-refractivity contribution in [1.29, 1.82) is 0 Å². The molecule has 0 spiro atoms. The number of carbonyl (C=O) groups is 2. The van der Waals surface area contributed by atoms with Crippen LogP contribution in [0.4, 0.5) is 4.79 Å². The van der Waals surface area contributed by atoms with Gasteiger partial charge >= 0.3 is 12.1 Å². The zero-order valence-corrected chi connectivity index (χ0v) is 8.62. The Balaban J connectivity index is 2.80. The molecule has 0 radical (unpaired) electrons. The van der Waals surface area contributed by atoms with Crippen LogP contribution in [-0.4, -0.2) is 45.5 Å². The minimum atomic E-state index is -0.868. The molecule has 0 fully saturated rings. The molecule has 0 aliphatic heterocycles. The average Bonchev–Trinajstić information content (AvgIpc) is 2.75. The van der Waals surface area contributed by atoms with Crippen LogP contribution in [0.25, 0.3) is 0 Å². The van der Waals surface area contributed by atoms with Crippen LogP contribution in [0.15, 0.2) is 12.7 Å². The van der Waals surface area contributed by atoms with E-state index in [1.807, 2.05) is 0 Å². The van der Waals surface area contributed by atoms with E-state index < -0.39 is 12.1 Å². The van der Waals surface area contributed by atoms with Crippen molar-refractivity contribution in [2.24, 2.45) is 0 Å². The maximum absolute atomic E-state index is 11.3. The van der Waals surface area contributed by atoms with Gasteiger partial charge in [-0.3, -0.25) is 0 Å². The van der Waals surface area contributed by atoms with Gasteiger partial charge in [-0.2, -0.15) is 0 Å². The fourth-order valence-corrected chi connectivity index (χ4v) is 0.824. The van der Waals surface area contributed by atoms with Gasteiger partial charge < -0.3 is 9.47 Å². The van der Waals surface area contributed by atoms with Gasteiger partial charge in [-0.15, -0.1) is 9.78 Å². The zero-order chi connectivity index (χ0) is 12.0. The molecule has 16 heavy (non-hydrogen) atoms. The zero-order valence-electron chi connectivity index (χ0n) is 8.62. The molecule has 86 valence electrons. The van der Waals surface area contributed by atoms with Gasteiger partial charge in [-0.25, -0.2) is 9.59 Å². The van der Waals surface area contributed by atoms with Gasteiger partial charge in [0.15, 0.2) is 0 Å². The summed E-state index contributed by atoms with van der Waals surface area (Å²) in [5, 5.41) is 9.87. The van der Waals surface area contributed by atoms with E-state index in [2.05, 4.69) is 31.6 Å². The SMILES string of the molecule is C=CCOC(=O)n1nnnc1C(=O)OCC. The summed E-state index contributed by atoms with van der Waals surface area (Å²) in [6.45, 7) is 5.16. The highest BCUT2D eigenvalue weighted by atomic mass is 16.6. The monoisotopic (exact) mass is 226 g/mol. The van der Waals surface area contributed by atoms with Gasteiger partial charge in [0.25, 0.3) is 5.82 Å². The highest BCUT2D eigenvalue weighted by molar-refractivity contribution is 5.89. The molecule has 1 aromatic heterocycles. The minimum absolute atomic E-state index is 0.000951. The van der Waals surface area contributed by atoms with Crippen molar-refractivity contribution in [1.82, 2.24) is 20.2 Å². The van der Waals surface area contributed by atoms with Crippen molar-refractivity contribution in [2.45, 2.75) is 6.92 Å². The van der Waals surface area contributed by atoms with E-state index in [1.165, 1.54) is 6.08 Å². The second kappa shape index (κ2) is 5.59. The molecular weight excluding hydrogens is 216 g/mol. The van der Waals surface area contributed by atoms with Gasteiger partial charge in [0.1, 0.15) is 6.61 Å². The van der Waals surface area contributed by atoms with Crippen LogP contribution < -0.4 is 0 Å². The summed E-state index contributed by atoms with van der Waals surface area (Å²) in [6.07, 6.45) is 0.514. The summed E-state index contributed by atoms with van der Waals surface area (Å²) in [6, 6.07) is 0. The molecular formula is C8H10N4O4. The predicted octanol–water partition coefficient (Wildman–Crippen LogP) is 0.0205. The number of tetrazole rings is 1. The third-order valence-electron chi connectivity index (χ3n) is 1.43. The first-order valence-corrected chi connectivity index (χ1v) is 4.44. The van der Waals surface area contributed by atoms with Gasteiger partial charge in [0.2, 0.25) is 0 Å². The number of aromatic nitrogens is 4. The molecule has 1 aromatic rings. The van der Waals surface area contributed by atoms with Gasteiger partial charge in [-0.05, 0) is 17.4 Å². The van der Waals surface area contributed by atoms with Crippen LogP contribution in [0.5, 0.6) is 0 Å². The molecule has 1 rings (SSSR count). The van der Waals surface area contributed by atoms with Crippen molar-refractivity contribution < 1.29 is 19.1 Å². The molecule has 0 amide bonds. The summed E-state index contributed by atoms with van der Waals surface area (Å²) in [5.74, 6) is -1.11. The third-order valence-corrected chi connectivity index (χ3v) is 1.43. The van der Waals surface area contributed by atoms with Gasteiger partial charge in [0.05, 0.1) is 6.61 Å². The Kier molecular flexibility index (Phi) is 4.13. The summed E-state index contributed by atoms with van der Waals surface area (Å²) in [5.41, 5.74) is 0. The van der Waals surface area contributed by atoms with Gasteiger partial charge in [0, 0.05) is 0 Å². The van der Waals surface area contributed by atoms with Crippen LogP contribution in [0.3, 0.4) is 0 Å². The van der Waals surface area contributed by atoms with Crippen molar-refractivity contribution in [3.8, 4) is 0 Å². The van der Waals surface area contributed by atoms with E-state index in [0.29, 0.717) is 4.68 Å². The molecule has 0 unspecified atom stereocenters. The molecule has 0 aliphatic rings. The molecule has 0 bridgehead atoms. The Labute approximate surface area is 90.8 Å². The second-order valence-corrected chi connectivity index (χ2v) is 2.50. The van der Waals surface area contributed by atoms with Crippen LogP contribution in [-0.2, 0) is 9.47 Å². The van der Waals surface area contributed by atoms with Gasteiger partial charge in [-0.1, -0.05) is 12.7 Å². The first-order chi connectivity index (χ1) is 7.70. The number of nitrogens with zero attached hydrogens (tertiary/aromatic N) is 4. The van der Waals surface area contributed by atoms with Crippen LogP contribution in [0.1, 0.15) is 17.5 Å². The lowest BCUT2D eigenvalue weighted by atomic mass is 10.6. The van der Waals surface area contributed by atoms with E-state index >= 15 is 0 Å². The van der Waals surface area contributed by atoms with Crippen LogP contribution >= 0.6 is 0 Å².